The molecule has 2 aliphatic rings. The summed E-state index contributed by atoms with van der Waals surface area (Å²) >= 11 is 5.96. The molecule has 8 heteroatoms. The zero-order valence-corrected chi connectivity index (χ0v) is 16.8. The average molecular weight is 427 g/mol. The molecule has 0 saturated carbocycles. The number of hydrogen-bond donors (Lipinski definition) is 1. The van der Waals surface area contributed by atoms with Crippen molar-refractivity contribution in [1.82, 2.24) is 0 Å². The molecule has 4 rings (SSSR count). The Morgan fingerprint density at radius 2 is 1.97 bits per heavy atom. The van der Waals surface area contributed by atoms with Gasteiger partial charge in [0, 0.05) is 34.9 Å². The zero-order valence-electron chi connectivity index (χ0n) is 16.0. The van der Waals surface area contributed by atoms with E-state index < -0.39 is 18.5 Å². The highest BCUT2D eigenvalue weighted by Gasteiger charge is 2.22. The molecule has 0 unspecified atom stereocenters. The van der Waals surface area contributed by atoms with Gasteiger partial charge in [0.15, 0.2) is 6.61 Å². The van der Waals surface area contributed by atoms with Gasteiger partial charge in [-0.05, 0) is 55.0 Å². The summed E-state index contributed by atoms with van der Waals surface area (Å²) in [7, 11) is 0. The van der Waals surface area contributed by atoms with Gasteiger partial charge >= 0.3 is 5.97 Å². The van der Waals surface area contributed by atoms with Crippen molar-refractivity contribution in [2.24, 2.45) is 0 Å². The van der Waals surface area contributed by atoms with E-state index in [0.717, 1.165) is 12.1 Å². The minimum Gasteiger partial charge on any atom is -0.488 e. The number of esters is 1. The predicted octanol–water partition coefficient (Wildman–Crippen LogP) is 3.42. The number of anilines is 2. The number of nitrogens with one attached hydrogen (secondary N) is 1. The first-order valence-corrected chi connectivity index (χ1v) is 9.88. The third-order valence-electron chi connectivity index (χ3n) is 4.82. The van der Waals surface area contributed by atoms with Crippen LogP contribution in [0, 0.1) is 0 Å². The lowest BCUT2D eigenvalue weighted by atomic mass is 10.1. The van der Waals surface area contributed by atoms with Gasteiger partial charge in [-0.25, -0.2) is 4.79 Å². The Kier molecular flexibility index (Phi) is 5.72. The maximum absolute atomic E-state index is 12.3. The molecule has 0 spiro atoms. The summed E-state index contributed by atoms with van der Waals surface area (Å²) in [4.78, 5) is 37.9. The summed E-state index contributed by atoms with van der Waals surface area (Å²) in [6.07, 6.45) is 3.05. The van der Waals surface area contributed by atoms with Gasteiger partial charge in [0.05, 0.1) is 5.57 Å². The maximum atomic E-state index is 12.3. The smallest absolute Gasteiger partial charge is 0.338 e. The van der Waals surface area contributed by atoms with Crippen molar-refractivity contribution < 1.29 is 23.9 Å². The Balaban J connectivity index is 1.30. The molecule has 1 N–H and O–H groups in total. The highest BCUT2D eigenvalue weighted by molar-refractivity contribution is 6.30. The van der Waals surface area contributed by atoms with Crippen LogP contribution in [-0.4, -0.2) is 37.5 Å². The normalized spacial score (nSPS) is 15.2. The van der Waals surface area contributed by atoms with Gasteiger partial charge in [0.1, 0.15) is 12.4 Å². The summed E-state index contributed by atoms with van der Waals surface area (Å²) in [5.41, 5.74) is 2.33. The second-order valence-electron chi connectivity index (χ2n) is 6.96. The molecular weight excluding hydrogens is 408 g/mol. The Hall–Kier alpha value is -3.32. The molecule has 2 heterocycles. The summed E-state index contributed by atoms with van der Waals surface area (Å²) in [5, 5.41) is 3.19. The van der Waals surface area contributed by atoms with Gasteiger partial charge in [-0.1, -0.05) is 11.6 Å². The fourth-order valence-electron chi connectivity index (χ4n) is 3.33. The Morgan fingerprint density at radius 3 is 2.70 bits per heavy atom. The average Bonchev–Trinajstić information content (AvgIpc) is 3.18. The number of carbonyl (C=O) groups excluding carboxylic acids is 3. The molecule has 0 aromatic heterocycles. The van der Waals surface area contributed by atoms with E-state index in [1.54, 1.807) is 53.4 Å². The first-order chi connectivity index (χ1) is 14.5. The molecule has 0 aliphatic carbocycles. The first kappa shape index (κ1) is 20.0. The van der Waals surface area contributed by atoms with E-state index >= 15 is 0 Å². The number of fused-ring (bicyclic) bond motifs is 1. The van der Waals surface area contributed by atoms with Gasteiger partial charge < -0.3 is 19.7 Å². The van der Waals surface area contributed by atoms with Crippen LogP contribution in [-0.2, 0) is 19.1 Å². The van der Waals surface area contributed by atoms with Crippen molar-refractivity contribution in [2.45, 2.75) is 12.8 Å². The van der Waals surface area contributed by atoms with Gasteiger partial charge in [-0.3, -0.25) is 9.59 Å². The number of hydrogen-bond acceptors (Lipinski definition) is 5. The number of benzene rings is 2. The standard InChI is InChI=1S/C22H19ClN2O5/c23-16-3-8-19-14(11-16)10-15(12-29-19)22(28)30-13-20(26)24-17-4-6-18(7-5-17)25-9-1-2-21(25)27/h3-8,10-11H,1-2,9,12-13H2,(H,24,26). The highest BCUT2D eigenvalue weighted by Crippen LogP contribution is 2.29. The van der Waals surface area contributed by atoms with Crippen molar-refractivity contribution in [2.75, 3.05) is 30.0 Å². The van der Waals surface area contributed by atoms with Gasteiger partial charge in [0.2, 0.25) is 5.91 Å². The van der Waals surface area contributed by atoms with Crippen LogP contribution in [0.3, 0.4) is 0 Å². The van der Waals surface area contributed by atoms with E-state index in [9.17, 15) is 14.4 Å². The van der Waals surface area contributed by atoms with E-state index in [0.29, 0.717) is 40.6 Å². The molecule has 7 nitrogen and oxygen atoms in total. The largest absolute Gasteiger partial charge is 0.488 e. The third kappa shape index (κ3) is 4.46. The molecule has 0 bridgehead atoms. The Morgan fingerprint density at radius 1 is 1.17 bits per heavy atom. The van der Waals surface area contributed by atoms with Gasteiger partial charge in [0.25, 0.3) is 5.91 Å². The molecule has 2 aromatic carbocycles. The molecule has 154 valence electrons. The Bertz CT molecular complexity index is 1030. The number of ether oxygens (including phenoxy) is 2. The number of rotatable bonds is 5. The molecule has 30 heavy (non-hydrogen) atoms. The lowest BCUT2D eigenvalue weighted by molar-refractivity contribution is -0.143. The van der Waals surface area contributed by atoms with Crippen molar-refractivity contribution >= 4 is 46.8 Å². The van der Waals surface area contributed by atoms with E-state index in [2.05, 4.69) is 5.32 Å². The van der Waals surface area contributed by atoms with Crippen LogP contribution in [0.1, 0.15) is 18.4 Å². The van der Waals surface area contributed by atoms with Crippen LogP contribution in [0.5, 0.6) is 5.75 Å². The quantitative estimate of drug-likeness (QED) is 0.740. The SMILES string of the molecule is O=C(COC(=O)C1=Cc2cc(Cl)ccc2OC1)Nc1ccc(N2CCCC2=O)cc1. The molecule has 2 aliphatic heterocycles. The van der Waals surface area contributed by atoms with Crippen molar-refractivity contribution in [3.8, 4) is 5.75 Å². The fourth-order valence-corrected chi connectivity index (χ4v) is 3.51. The van der Waals surface area contributed by atoms with Crippen LogP contribution in [0.15, 0.2) is 48.0 Å². The molecule has 1 fully saturated rings. The van der Waals surface area contributed by atoms with E-state index in [1.165, 1.54) is 0 Å². The number of carbonyl (C=O) groups is 3. The monoisotopic (exact) mass is 426 g/mol. The van der Waals surface area contributed by atoms with E-state index in [1.807, 2.05) is 0 Å². The second kappa shape index (κ2) is 8.59. The molecular formula is C22H19ClN2O5. The lowest BCUT2D eigenvalue weighted by Gasteiger charge is -2.17. The number of nitrogens with zero attached hydrogens (tertiary/aromatic N) is 1. The predicted molar refractivity (Wildman–Crippen MR) is 113 cm³/mol. The summed E-state index contributed by atoms with van der Waals surface area (Å²) in [6, 6.07) is 12.1. The van der Waals surface area contributed by atoms with Crippen molar-refractivity contribution in [1.29, 1.82) is 0 Å². The van der Waals surface area contributed by atoms with Gasteiger partial charge in [-0.15, -0.1) is 0 Å². The fraction of sp³-hybridized carbons (Fsp3) is 0.227. The molecule has 2 aromatic rings. The molecule has 2 amide bonds. The van der Waals surface area contributed by atoms with Crippen LogP contribution < -0.4 is 15.0 Å². The second-order valence-corrected chi connectivity index (χ2v) is 7.40. The van der Waals surface area contributed by atoms with Crippen LogP contribution in [0.4, 0.5) is 11.4 Å². The van der Waals surface area contributed by atoms with Crippen LogP contribution in [0.25, 0.3) is 6.08 Å². The van der Waals surface area contributed by atoms with Crippen molar-refractivity contribution in [3.05, 3.63) is 58.6 Å². The molecule has 0 atom stereocenters. The van der Waals surface area contributed by atoms with E-state index in [-0.39, 0.29) is 12.5 Å². The van der Waals surface area contributed by atoms with Crippen LogP contribution in [0.2, 0.25) is 5.02 Å². The number of halogens is 1. The minimum atomic E-state index is -0.626. The highest BCUT2D eigenvalue weighted by atomic mass is 35.5. The van der Waals surface area contributed by atoms with E-state index in [4.69, 9.17) is 21.1 Å². The topological polar surface area (TPSA) is 84.9 Å². The molecule has 1 saturated heterocycles. The maximum Gasteiger partial charge on any atom is 0.338 e. The lowest BCUT2D eigenvalue weighted by Crippen LogP contribution is -2.24. The molecule has 0 radical (unpaired) electrons. The summed E-state index contributed by atoms with van der Waals surface area (Å²) in [6.45, 7) is 0.341. The van der Waals surface area contributed by atoms with Crippen LogP contribution >= 0.6 is 11.6 Å². The first-order valence-electron chi connectivity index (χ1n) is 9.50. The zero-order chi connectivity index (χ0) is 21.1. The number of amides is 2. The third-order valence-corrected chi connectivity index (χ3v) is 5.05. The summed E-state index contributed by atoms with van der Waals surface area (Å²) < 4.78 is 10.6. The van der Waals surface area contributed by atoms with Crippen molar-refractivity contribution in [3.63, 3.8) is 0 Å². The minimum absolute atomic E-state index is 0.0613. The Labute approximate surface area is 178 Å². The summed E-state index contributed by atoms with van der Waals surface area (Å²) in [5.74, 6) is -0.356. The van der Waals surface area contributed by atoms with Gasteiger partial charge in [-0.2, -0.15) is 0 Å².